The highest BCUT2D eigenvalue weighted by Crippen LogP contribution is 2.38. The summed E-state index contributed by atoms with van der Waals surface area (Å²) in [6.45, 7) is 1.86. The zero-order valence-corrected chi connectivity index (χ0v) is 20.7. The SMILES string of the molecule is COc1ccc(-c2nc3n(n2)C(c2ccc(Cl)cc2)C(C(=O)Nc2ccccc2)=C(C)N3)cc1OC. The van der Waals surface area contributed by atoms with Gasteiger partial charge in [0, 0.05) is 22.0 Å². The van der Waals surface area contributed by atoms with E-state index in [9.17, 15) is 4.79 Å². The van der Waals surface area contributed by atoms with Crippen molar-refractivity contribution in [1.82, 2.24) is 14.8 Å². The first kappa shape index (κ1) is 23.4. The molecule has 3 aromatic carbocycles. The van der Waals surface area contributed by atoms with Gasteiger partial charge >= 0.3 is 0 Å². The molecule has 1 unspecified atom stereocenters. The van der Waals surface area contributed by atoms with Crippen LogP contribution in [0.5, 0.6) is 11.5 Å². The van der Waals surface area contributed by atoms with Gasteiger partial charge in [-0.25, -0.2) is 4.68 Å². The highest BCUT2D eigenvalue weighted by molar-refractivity contribution is 6.30. The van der Waals surface area contributed by atoms with E-state index >= 15 is 0 Å². The van der Waals surface area contributed by atoms with Crippen molar-refractivity contribution >= 4 is 29.1 Å². The van der Waals surface area contributed by atoms with Crippen molar-refractivity contribution < 1.29 is 14.3 Å². The van der Waals surface area contributed by atoms with E-state index in [0.29, 0.717) is 45.3 Å². The lowest BCUT2D eigenvalue weighted by Crippen LogP contribution is -2.31. The number of rotatable bonds is 6. The summed E-state index contributed by atoms with van der Waals surface area (Å²) in [6, 6.07) is 21.7. The molecule has 182 valence electrons. The molecular formula is C27H24ClN5O3. The molecule has 0 fully saturated rings. The molecule has 4 aromatic rings. The maximum atomic E-state index is 13.5. The summed E-state index contributed by atoms with van der Waals surface area (Å²) in [7, 11) is 3.17. The van der Waals surface area contributed by atoms with E-state index in [2.05, 4.69) is 10.6 Å². The Kier molecular flexibility index (Phi) is 6.35. The van der Waals surface area contributed by atoms with Crippen molar-refractivity contribution in [2.45, 2.75) is 13.0 Å². The van der Waals surface area contributed by atoms with E-state index in [-0.39, 0.29) is 5.91 Å². The average Bonchev–Trinajstić information content (AvgIpc) is 3.32. The third kappa shape index (κ3) is 4.38. The van der Waals surface area contributed by atoms with Gasteiger partial charge < -0.3 is 20.1 Å². The number of fused-ring (bicyclic) bond motifs is 1. The predicted octanol–water partition coefficient (Wildman–Crippen LogP) is 5.54. The first-order valence-electron chi connectivity index (χ1n) is 11.3. The largest absolute Gasteiger partial charge is 0.493 e. The number of nitrogens with zero attached hydrogens (tertiary/aromatic N) is 3. The van der Waals surface area contributed by atoms with Gasteiger partial charge in [0.2, 0.25) is 5.95 Å². The molecular weight excluding hydrogens is 478 g/mol. The lowest BCUT2D eigenvalue weighted by atomic mass is 9.95. The van der Waals surface area contributed by atoms with Crippen LogP contribution in [0.2, 0.25) is 5.02 Å². The number of amides is 1. The van der Waals surface area contributed by atoms with Crippen LogP contribution in [0.3, 0.4) is 0 Å². The number of ether oxygens (including phenoxy) is 2. The minimum atomic E-state index is -0.524. The monoisotopic (exact) mass is 501 g/mol. The average molecular weight is 502 g/mol. The topological polar surface area (TPSA) is 90.3 Å². The molecule has 0 spiro atoms. The Bertz CT molecular complexity index is 1450. The van der Waals surface area contributed by atoms with Crippen LogP contribution >= 0.6 is 11.6 Å². The number of carbonyl (C=O) groups is 1. The smallest absolute Gasteiger partial charge is 0.255 e. The molecule has 0 saturated heterocycles. The zero-order valence-electron chi connectivity index (χ0n) is 19.9. The number of nitrogens with one attached hydrogen (secondary N) is 2. The third-order valence-corrected chi connectivity index (χ3v) is 6.21. The molecule has 36 heavy (non-hydrogen) atoms. The number of hydrogen-bond donors (Lipinski definition) is 2. The summed E-state index contributed by atoms with van der Waals surface area (Å²) in [5.74, 6) is 1.95. The molecule has 9 heteroatoms. The Hall–Kier alpha value is -4.30. The number of anilines is 2. The number of carbonyl (C=O) groups excluding carboxylic acids is 1. The maximum Gasteiger partial charge on any atom is 0.255 e. The molecule has 0 bridgehead atoms. The minimum absolute atomic E-state index is 0.236. The molecule has 0 radical (unpaired) electrons. The summed E-state index contributed by atoms with van der Waals surface area (Å²) in [5.41, 5.74) is 3.51. The van der Waals surface area contributed by atoms with E-state index in [1.54, 1.807) is 37.1 Å². The minimum Gasteiger partial charge on any atom is -0.493 e. The second-order valence-corrected chi connectivity index (χ2v) is 8.65. The van der Waals surface area contributed by atoms with Gasteiger partial charge in [0.05, 0.1) is 19.8 Å². The Labute approximate surface area is 213 Å². The number of aromatic nitrogens is 3. The van der Waals surface area contributed by atoms with Crippen molar-refractivity contribution in [3.8, 4) is 22.9 Å². The Morgan fingerprint density at radius 2 is 1.72 bits per heavy atom. The molecule has 2 heterocycles. The van der Waals surface area contributed by atoms with Crippen LogP contribution in [0, 0.1) is 0 Å². The lowest BCUT2D eigenvalue weighted by molar-refractivity contribution is -0.113. The predicted molar refractivity (Wildman–Crippen MR) is 140 cm³/mol. The molecule has 0 aliphatic carbocycles. The van der Waals surface area contributed by atoms with Crippen molar-refractivity contribution in [2.75, 3.05) is 24.9 Å². The van der Waals surface area contributed by atoms with Gasteiger partial charge in [0.1, 0.15) is 6.04 Å². The van der Waals surface area contributed by atoms with Crippen molar-refractivity contribution in [3.63, 3.8) is 0 Å². The van der Waals surface area contributed by atoms with E-state index in [4.69, 9.17) is 31.2 Å². The van der Waals surface area contributed by atoms with Gasteiger partial charge in [-0.1, -0.05) is 41.9 Å². The van der Waals surface area contributed by atoms with Crippen LogP contribution in [-0.2, 0) is 4.79 Å². The molecule has 0 saturated carbocycles. The van der Waals surface area contributed by atoms with Crippen LogP contribution in [0.25, 0.3) is 11.4 Å². The van der Waals surface area contributed by atoms with Gasteiger partial charge in [-0.05, 0) is 55.0 Å². The summed E-state index contributed by atoms with van der Waals surface area (Å²) in [5, 5.41) is 11.7. The van der Waals surface area contributed by atoms with E-state index < -0.39 is 6.04 Å². The first-order valence-corrected chi connectivity index (χ1v) is 11.6. The van der Waals surface area contributed by atoms with Gasteiger partial charge in [0.25, 0.3) is 5.91 Å². The molecule has 8 nitrogen and oxygen atoms in total. The fourth-order valence-corrected chi connectivity index (χ4v) is 4.34. The van der Waals surface area contributed by atoms with Gasteiger partial charge in [-0.2, -0.15) is 4.98 Å². The highest BCUT2D eigenvalue weighted by Gasteiger charge is 2.34. The number of para-hydroxylation sites is 1. The Balaban J connectivity index is 1.59. The van der Waals surface area contributed by atoms with Gasteiger partial charge in [-0.3, -0.25) is 4.79 Å². The number of allylic oxidation sites excluding steroid dienone is 1. The second kappa shape index (κ2) is 9.75. The highest BCUT2D eigenvalue weighted by atomic mass is 35.5. The maximum absolute atomic E-state index is 13.5. The molecule has 1 atom stereocenters. The molecule has 2 N–H and O–H groups in total. The van der Waals surface area contributed by atoms with Gasteiger partial charge in [-0.15, -0.1) is 5.10 Å². The molecule has 1 aromatic heterocycles. The van der Waals surface area contributed by atoms with Crippen LogP contribution in [0.4, 0.5) is 11.6 Å². The normalized spacial score (nSPS) is 14.6. The number of benzene rings is 3. The number of methoxy groups -OCH3 is 2. The summed E-state index contributed by atoms with van der Waals surface area (Å²) in [6.07, 6.45) is 0. The van der Waals surface area contributed by atoms with E-state index in [0.717, 1.165) is 11.1 Å². The molecule has 1 aliphatic rings. The van der Waals surface area contributed by atoms with Crippen LogP contribution < -0.4 is 20.1 Å². The number of halogens is 1. The van der Waals surface area contributed by atoms with Crippen LogP contribution in [0.1, 0.15) is 18.5 Å². The summed E-state index contributed by atoms with van der Waals surface area (Å²) < 4.78 is 12.5. The fraction of sp³-hybridized carbons (Fsp3) is 0.148. The molecule has 1 aliphatic heterocycles. The van der Waals surface area contributed by atoms with Crippen molar-refractivity contribution in [1.29, 1.82) is 0 Å². The van der Waals surface area contributed by atoms with E-state index in [1.165, 1.54) is 0 Å². The van der Waals surface area contributed by atoms with Crippen molar-refractivity contribution in [3.05, 3.63) is 94.7 Å². The summed E-state index contributed by atoms with van der Waals surface area (Å²) in [4.78, 5) is 18.3. The second-order valence-electron chi connectivity index (χ2n) is 8.21. The molecule has 1 amide bonds. The van der Waals surface area contributed by atoms with Crippen molar-refractivity contribution in [2.24, 2.45) is 0 Å². The number of hydrogen-bond acceptors (Lipinski definition) is 6. The Morgan fingerprint density at radius 3 is 2.42 bits per heavy atom. The first-order chi connectivity index (χ1) is 17.5. The lowest BCUT2D eigenvalue weighted by Gasteiger charge is -2.28. The quantitative estimate of drug-likeness (QED) is 0.360. The molecule has 5 rings (SSSR count). The third-order valence-electron chi connectivity index (χ3n) is 5.96. The summed E-state index contributed by atoms with van der Waals surface area (Å²) >= 11 is 6.16. The fourth-order valence-electron chi connectivity index (χ4n) is 4.22. The Morgan fingerprint density at radius 1 is 1.00 bits per heavy atom. The van der Waals surface area contributed by atoms with E-state index in [1.807, 2.05) is 61.5 Å². The van der Waals surface area contributed by atoms with Crippen LogP contribution in [0.15, 0.2) is 84.1 Å². The zero-order chi connectivity index (χ0) is 25.2. The standard InChI is InChI=1S/C27H24ClN5O3/c1-16-23(26(34)30-20-7-5-4-6-8-20)24(17-9-12-19(28)13-10-17)33-27(29-16)31-25(32-33)18-11-14-21(35-2)22(15-18)36-3/h4-15,24H,1-3H3,(H,30,34)(H,29,31,32). The van der Waals surface area contributed by atoms with Gasteiger partial charge in [0.15, 0.2) is 17.3 Å². The van der Waals surface area contributed by atoms with Crippen LogP contribution in [-0.4, -0.2) is 34.9 Å².